The average molecular weight is 438 g/mol. The van der Waals surface area contributed by atoms with Gasteiger partial charge in [0, 0.05) is 24.9 Å². The lowest BCUT2D eigenvalue weighted by molar-refractivity contribution is -0.116. The fraction of sp³-hybridized carbons (Fsp3) is 0.423. The zero-order valence-corrected chi connectivity index (χ0v) is 19.4. The molecule has 1 unspecified atom stereocenters. The molecule has 0 saturated carbocycles. The van der Waals surface area contributed by atoms with Gasteiger partial charge in [-0.2, -0.15) is 4.31 Å². The largest absolute Gasteiger partial charge is 0.295 e. The van der Waals surface area contributed by atoms with E-state index in [1.807, 2.05) is 30.3 Å². The van der Waals surface area contributed by atoms with Crippen molar-refractivity contribution in [3.05, 3.63) is 77.4 Å². The van der Waals surface area contributed by atoms with Gasteiger partial charge in [0.25, 0.3) is 0 Å². The molecule has 1 saturated heterocycles. The number of hydrogen-bond donors (Lipinski definition) is 0. The van der Waals surface area contributed by atoms with E-state index in [4.69, 9.17) is 0 Å². The molecule has 4 rings (SSSR count). The first-order valence-electron chi connectivity index (χ1n) is 11.0. The quantitative estimate of drug-likeness (QED) is 0.684. The number of carbonyl (C=O) groups excluding carboxylic acids is 1. The predicted octanol–water partition coefficient (Wildman–Crippen LogP) is 4.90. The lowest BCUT2D eigenvalue weighted by atomic mass is 9.66. The summed E-state index contributed by atoms with van der Waals surface area (Å²) in [6.45, 7) is 7.19. The molecule has 31 heavy (non-hydrogen) atoms. The van der Waals surface area contributed by atoms with Crippen LogP contribution in [0.25, 0.3) is 0 Å². The molecule has 0 radical (unpaired) electrons. The Morgan fingerprint density at radius 3 is 2.29 bits per heavy atom. The van der Waals surface area contributed by atoms with E-state index in [-0.39, 0.29) is 16.6 Å². The maximum Gasteiger partial charge on any atom is 0.243 e. The molecule has 4 nitrogen and oxygen atoms in total. The van der Waals surface area contributed by atoms with E-state index < -0.39 is 10.0 Å². The number of sulfonamides is 1. The van der Waals surface area contributed by atoms with Crippen LogP contribution >= 0.6 is 0 Å². The van der Waals surface area contributed by atoms with E-state index in [1.165, 1.54) is 5.56 Å². The molecule has 1 atom stereocenters. The number of piperidine rings is 1. The molecular formula is C26H31NO3S. The van der Waals surface area contributed by atoms with Gasteiger partial charge in [0.1, 0.15) is 0 Å². The second-order valence-corrected chi connectivity index (χ2v) is 11.9. The minimum absolute atomic E-state index is 0.0263. The van der Waals surface area contributed by atoms with Crippen LogP contribution in [0.4, 0.5) is 0 Å². The van der Waals surface area contributed by atoms with Crippen LogP contribution in [0.15, 0.2) is 71.1 Å². The highest BCUT2D eigenvalue weighted by molar-refractivity contribution is 7.89. The molecule has 0 bridgehead atoms. The third kappa shape index (κ3) is 4.39. The Bertz CT molecular complexity index is 1100. The third-order valence-corrected chi connectivity index (χ3v) is 8.58. The molecule has 0 aromatic heterocycles. The number of allylic oxidation sites excluding steroid dienone is 1. The zero-order valence-electron chi connectivity index (χ0n) is 18.6. The topological polar surface area (TPSA) is 54.5 Å². The first-order chi connectivity index (χ1) is 14.6. The SMILES string of the molecule is CC(C)(C)c1ccc(S(=O)(=O)N2CCC3=CC(=O)CCC3(Cc3ccccc3)C2)cc1. The van der Waals surface area contributed by atoms with E-state index in [0.29, 0.717) is 37.2 Å². The van der Waals surface area contributed by atoms with Gasteiger partial charge in [-0.3, -0.25) is 4.79 Å². The molecule has 2 aromatic rings. The van der Waals surface area contributed by atoms with Crippen molar-refractivity contribution in [2.24, 2.45) is 5.41 Å². The van der Waals surface area contributed by atoms with Crippen LogP contribution < -0.4 is 0 Å². The summed E-state index contributed by atoms with van der Waals surface area (Å²) in [7, 11) is -3.60. The Morgan fingerprint density at radius 2 is 1.65 bits per heavy atom. The second kappa shape index (κ2) is 8.03. The lowest BCUT2D eigenvalue weighted by Gasteiger charge is -2.46. The summed E-state index contributed by atoms with van der Waals surface area (Å²) in [5.74, 6) is 0.160. The van der Waals surface area contributed by atoms with Crippen molar-refractivity contribution in [1.82, 2.24) is 4.31 Å². The van der Waals surface area contributed by atoms with Crippen LogP contribution in [0, 0.1) is 5.41 Å². The summed E-state index contributed by atoms with van der Waals surface area (Å²) in [5, 5.41) is 0. The molecule has 1 fully saturated rings. The van der Waals surface area contributed by atoms with E-state index in [0.717, 1.165) is 17.6 Å². The lowest BCUT2D eigenvalue weighted by Crippen LogP contribution is -2.49. The Labute approximate surface area is 186 Å². The summed E-state index contributed by atoms with van der Waals surface area (Å²) in [6, 6.07) is 17.5. The summed E-state index contributed by atoms with van der Waals surface area (Å²) in [6.07, 6.45) is 4.32. The van der Waals surface area contributed by atoms with Crippen molar-refractivity contribution in [2.45, 2.75) is 56.8 Å². The molecule has 1 aliphatic heterocycles. The monoisotopic (exact) mass is 437 g/mol. The summed E-state index contributed by atoms with van der Waals surface area (Å²) >= 11 is 0. The highest BCUT2D eigenvalue weighted by Gasteiger charge is 2.45. The van der Waals surface area contributed by atoms with Crippen molar-refractivity contribution < 1.29 is 13.2 Å². The van der Waals surface area contributed by atoms with Gasteiger partial charge in [-0.1, -0.05) is 68.8 Å². The van der Waals surface area contributed by atoms with Crippen LogP contribution in [0.1, 0.15) is 51.2 Å². The van der Waals surface area contributed by atoms with Crippen LogP contribution in [0.2, 0.25) is 0 Å². The van der Waals surface area contributed by atoms with Gasteiger partial charge in [0.2, 0.25) is 10.0 Å². The van der Waals surface area contributed by atoms with Gasteiger partial charge in [-0.05, 0) is 54.0 Å². The molecule has 0 N–H and O–H groups in total. The molecule has 0 amide bonds. The minimum Gasteiger partial charge on any atom is -0.295 e. The van der Waals surface area contributed by atoms with Crippen LogP contribution in [-0.2, 0) is 26.7 Å². The number of carbonyl (C=O) groups is 1. The van der Waals surface area contributed by atoms with Crippen molar-refractivity contribution in [3.63, 3.8) is 0 Å². The van der Waals surface area contributed by atoms with Crippen molar-refractivity contribution in [2.75, 3.05) is 13.1 Å². The Morgan fingerprint density at radius 1 is 0.968 bits per heavy atom. The summed E-state index contributed by atoms with van der Waals surface area (Å²) < 4.78 is 28.7. The minimum atomic E-state index is -3.60. The maximum absolute atomic E-state index is 13.5. The first kappa shape index (κ1) is 22.0. The van der Waals surface area contributed by atoms with Gasteiger partial charge < -0.3 is 0 Å². The Hall–Kier alpha value is -2.24. The molecule has 5 heteroatoms. The summed E-state index contributed by atoms with van der Waals surface area (Å²) in [4.78, 5) is 12.5. The van der Waals surface area contributed by atoms with Crippen molar-refractivity contribution >= 4 is 15.8 Å². The highest BCUT2D eigenvalue weighted by atomic mass is 32.2. The fourth-order valence-electron chi connectivity index (χ4n) is 4.85. The number of hydrogen-bond acceptors (Lipinski definition) is 3. The predicted molar refractivity (Wildman–Crippen MR) is 123 cm³/mol. The molecule has 1 aliphatic carbocycles. The number of nitrogens with zero attached hydrogens (tertiary/aromatic N) is 1. The van der Waals surface area contributed by atoms with Crippen molar-refractivity contribution in [3.8, 4) is 0 Å². The molecule has 0 spiro atoms. The van der Waals surface area contributed by atoms with Crippen molar-refractivity contribution in [1.29, 1.82) is 0 Å². The van der Waals surface area contributed by atoms with Gasteiger partial charge in [-0.25, -0.2) is 8.42 Å². The Balaban J connectivity index is 1.66. The third-order valence-electron chi connectivity index (χ3n) is 6.72. The highest BCUT2D eigenvalue weighted by Crippen LogP contribution is 2.46. The zero-order chi connectivity index (χ0) is 22.3. The van der Waals surface area contributed by atoms with E-state index in [1.54, 1.807) is 22.5 Å². The average Bonchev–Trinajstić information content (AvgIpc) is 2.74. The van der Waals surface area contributed by atoms with E-state index in [2.05, 4.69) is 32.9 Å². The molecule has 2 aliphatic rings. The Kier molecular flexibility index (Phi) is 5.69. The second-order valence-electron chi connectivity index (χ2n) is 9.94. The van der Waals surface area contributed by atoms with Crippen LogP contribution in [0.3, 0.4) is 0 Å². The van der Waals surface area contributed by atoms with Gasteiger partial charge in [0.05, 0.1) is 4.90 Å². The normalized spacial score (nSPS) is 22.7. The first-order valence-corrected chi connectivity index (χ1v) is 12.4. The number of rotatable bonds is 4. The van der Waals surface area contributed by atoms with Crippen LogP contribution in [0.5, 0.6) is 0 Å². The van der Waals surface area contributed by atoms with E-state index in [9.17, 15) is 13.2 Å². The van der Waals surface area contributed by atoms with Crippen LogP contribution in [-0.4, -0.2) is 31.6 Å². The number of fused-ring (bicyclic) bond motifs is 1. The van der Waals surface area contributed by atoms with E-state index >= 15 is 0 Å². The standard InChI is InChI=1S/C26H31NO3S/c1-25(2,3)21-9-11-24(12-10-21)31(29,30)27-16-14-22-17-23(28)13-15-26(22,19-27)18-20-7-5-4-6-8-20/h4-12,17H,13-16,18-19H2,1-3H3. The molecular weight excluding hydrogens is 406 g/mol. The smallest absolute Gasteiger partial charge is 0.243 e. The van der Waals surface area contributed by atoms with Gasteiger partial charge in [0.15, 0.2) is 5.78 Å². The molecule has 164 valence electrons. The number of benzene rings is 2. The maximum atomic E-state index is 13.5. The van der Waals surface area contributed by atoms with Gasteiger partial charge >= 0.3 is 0 Å². The molecule has 1 heterocycles. The fourth-order valence-corrected chi connectivity index (χ4v) is 6.37. The summed E-state index contributed by atoms with van der Waals surface area (Å²) in [5.41, 5.74) is 3.06. The van der Waals surface area contributed by atoms with Gasteiger partial charge in [-0.15, -0.1) is 0 Å². The molecule has 2 aromatic carbocycles. The number of ketones is 1.